The molecular weight excluding hydrogens is 233 g/mol. The SMILES string of the molecule is CN(CCC(F)(F)F)c1nc2ccccc2o1. The van der Waals surface area contributed by atoms with Crippen LogP contribution in [0.3, 0.4) is 0 Å². The highest BCUT2D eigenvalue weighted by Gasteiger charge is 2.27. The molecule has 0 unspecified atom stereocenters. The molecule has 0 amide bonds. The Balaban J connectivity index is 2.11. The van der Waals surface area contributed by atoms with Crippen LogP contribution in [-0.4, -0.2) is 24.8 Å². The van der Waals surface area contributed by atoms with Crippen LogP contribution in [0.15, 0.2) is 28.7 Å². The zero-order chi connectivity index (χ0) is 12.5. The fourth-order valence-corrected chi connectivity index (χ4v) is 1.41. The third-order valence-corrected chi connectivity index (χ3v) is 2.34. The van der Waals surface area contributed by atoms with Crippen molar-refractivity contribution in [2.45, 2.75) is 12.6 Å². The molecule has 17 heavy (non-hydrogen) atoms. The number of fused-ring (bicyclic) bond motifs is 1. The van der Waals surface area contributed by atoms with Gasteiger partial charge < -0.3 is 9.32 Å². The Bertz CT molecular complexity index is 474. The Labute approximate surface area is 95.8 Å². The molecule has 0 aliphatic heterocycles. The number of aromatic nitrogens is 1. The van der Waals surface area contributed by atoms with E-state index in [1.165, 1.54) is 11.9 Å². The molecule has 0 saturated carbocycles. The van der Waals surface area contributed by atoms with E-state index in [2.05, 4.69) is 4.98 Å². The molecule has 1 aromatic carbocycles. The van der Waals surface area contributed by atoms with Crippen molar-refractivity contribution in [1.29, 1.82) is 0 Å². The first-order chi connectivity index (χ1) is 7.96. The lowest BCUT2D eigenvalue weighted by molar-refractivity contribution is -0.132. The van der Waals surface area contributed by atoms with Crippen LogP contribution in [0.4, 0.5) is 19.2 Å². The van der Waals surface area contributed by atoms with Crippen molar-refractivity contribution >= 4 is 17.1 Å². The van der Waals surface area contributed by atoms with Gasteiger partial charge in [0.15, 0.2) is 5.58 Å². The van der Waals surface area contributed by atoms with Gasteiger partial charge in [0, 0.05) is 13.6 Å². The van der Waals surface area contributed by atoms with E-state index >= 15 is 0 Å². The maximum absolute atomic E-state index is 12.1. The minimum absolute atomic E-state index is 0.170. The van der Waals surface area contributed by atoms with Crippen molar-refractivity contribution in [1.82, 2.24) is 4.98 Å². The molecule has 0 saturated heterocycles. The largest absolute Gasteiger partial charge is 0.423 e. The second kappa shape index (κ2) is 4.27. The molecule has 3 nitrogen and oxygen atoms in total. The highest BCUT2D eigenvalue weighted by molar-refractivity contribution is 5.74. The second-order valence-electron chi connectivity index (χ2n) is 3.75. The summed E-state index contributed by atoms with van der Waals surface area (Å²) < 4.78 is 41.5. The van der Waals surface area contributed by atoms with Crippen LogP contribution < -0.4 is 4.90 Å². The fourth-order valence-electron chi connectivity index (χ4n) is 1.41. The van der Waals surface area contributed by atoms with E-state index in [1.807, 2.05) is 0 Å². The van der Waals surface area contributed by atoms with E-state index in [4.69, 9.17) is 4.42 Å². The van der Waals surface area contributed by atoms with Crippen LogP contribution >= 0.6 is 0 Å². The van der Waals surface area contributed by atoms with E-state index in [9.17, 15) is 13.2 Å². The normalized spacial score (nSPS) is 12.0. The number of halogens is 3. The smallest absolute Gasteiger partial charge is 0.390 e. The summed E-state index contributed by atoms with van der Waals surface area (Å²) in [5.74, 6) is 0. The molecule has 0 aliphatic rings. The summed E-state index contributed by atoms with van der Waals surface area (Å²) in [4.78, 5) is 5.46. The zero-order valence-corrected chi connectivity index (χ0v) is 9.16. The van der Waals surface area contributed by atoms with Gasteiger partial charge in [-0.15, -0.1) is 0 Å². The molecule has 0 fully saturated rings. The maximum Gasteiger partial charge on any atom is 0.390 e. The van der Waals surface area contributed by atoms with Crippen molar-refractivity contribution in [2.24, 2.45) is 0 Å². The summed E-state index contributed by atoms with van der Waals surface area (Å²) in [6, 6.07) is 7.26. The van der Waals surface area contributed by atoms with Gasteiger partial charge in [-0.1, -0.05) is 12.1 Å². The lowest BCUT2D eigenvalue weighted by Crippen LogP contribution is -2.24. The van der Waals surface area contributed by atoms with Crippen molar-refractivity contribution in [3.8, 4) is 0 Å². The van der Waals surface area contributed by atoms with Crippen LogP contribution in [-0.2, 0) is 0 Å². The monoisotopic (exact) mass is 244 g/mol. The molecule has 92 valence electrons. The average molecular weight is 244 g/mol. The molecule has 0 bridgehead atoms. The fraction of sp³-hybridized carbons (Fsp3) is 0.364. The quantitative estimate of drug-likeness (QED) is 0.830. The first kappa shape index (κ1) is 11.8. The van der Waals surface area contributed by atoms with E-state index in [0.717, 1.165) is 0 Å². The molecule has 0 atom stereocenters. The lowest BCUT2D eigenvalue weighted by Gasteiger charge is -2.15. The van der Waals surface area contributed by atoms with Gasteiger partial charge in [0.05, 0.1) is 6.42 Å². The molecule has 0 radical (unpaired) electrons. The van der Waals surface area contributed by atoms with Gasteiger partial charge in [-0.3, -0.25) is 0 Å². The Kier molecular flexibility index (Phi) is 2.95. The summed E-state index contributed by atoms with van der Waals surface area (Å²) in [7, 11) is 1.52. The van der Waals surface area contributed by atoms with Crippen molar-refractivity contribution in [2.75, 3.05) is 18.5 Å². The number of para-hydroxylation sites is 2. The first-order valence-corrected chi connectivity index (χ1v) is 5.09. The zero-order valence-electron chi connectivity index (χ0n) is 9.16. The number of hydrogen-bond acceptors (Lipinski definition) is 3. The standard InChI is InChI=1S/C11H11F3N2O/c1-16(7-6-11(12,13)14)10-15-8-4-2-3-5-9(8)17-10/h2-5H,6-7H2,1H3. The number of rotatable bonds is 3. The van der Waals surface area contributed by atoms with Crippen LogP contribution in [0.25, 0.3) is 11.1 Å². The Hall–Kier alpha value is -1.72. The van der Waals surface area contributed by atoms with Gasteiger partial charge in [-0.25, -0.2) is 0 Å². The summed E-state index contributed by atoms with van der Waals surface area (Å²) in [5, 5.41) is 0. The Morgan fingerprint density at radius 3 is 2.65 bits per heavy atom. The topological polar surface area (TPSA) is 29.3 Å². The molecule has 2 rings (SSSR count). The molecule has 0 N–H and O–H groups in total. The van der Waals surface area contributed by atoms with Gasteiger partial charge in [0.25, 0.3) is 6.01 Å². The molecule has 0 spiro atoms. The molecular formula is C11H11F3N2O. The van der Waals surface area contributed by atoms with E-state index in [-0.39, 0.29) is 12.6 Å². The average Bonchev–Trinajstić information content (AvgIpc) is 2.68. The summed E-state index contributed by atoms with van der Waals surface area (Å²) in [6.45, 7) is -0.170. The molecule has 1 heterocycles. The van der Waals surface area contributed by atoms with Gasteiger partial charge in [0.2, 0.25) is 0 Å². The highest BCUT2D eigenvalue weighted by Crippen LogP contribution is 2.23. The third-order valence-electron chi connectivity index (χ3n) is 2.34. The number of oxazole rings is 1. The van der Waals surface area contributed by atoms with Crippen LogP contribution in [0, 0.1) is 0 Å². The van der Waals surface area contributed by atoms with Gasteiger partial charge in [-0.2, -0.15) is 18.2 Å². The van der Waals surface area contributed by atoms with E-state index < -0.39 is 12.6 Å². The summed E-state index contributed by atoms with van der Waals surface area (Å²) in [6.07, 6.45) is -5.05. The van der Waals surface area contributed by atoms with Crippen LogP contribution in [0.5, 0.6) is 0 Å². The Morgan fingerprint density at radius 2 is 2.00 bits per heavy atom. The molecule has 1 aromatic heterocycles. The molecule has 2 aromatic rings. The number of anilines is 1. The number of benzene rings is 1. The van der Waals surface area contributed by atoms with Crippen LogP contribution in [0.2, 0.25) is 0 Å². The van der Waals surface area contributed by atoms with Crippen LogP contribution in [0.1, 0.15) is 6.42 Å². The third kappa shape index (κ3) is 2.89. The minimum Gasteiger partial charge on any atom is -0.423 e. The van der Waals surface area contributed by atoms with Gasteiger partial charge in [0.1, 0.15) is 5.52 Å². The van der Waals surface area contributed by atoms with E-state index in [0.29, 0.717) is 11.1 Å². The van der Waals surface area contributed by atoms with E-state index in [1.54, 1.807) is 24.3 Å². The predicted octanol–water partition coefficient (Wildman–Crippen LogP) is 3.22. The number of nitrogens with zero attached hydrogens (tertiary/aromatic N) is 2. The minimum atomic E-state index is -4.17. The predicted molar refractivity (Wildman–Crippen MR) is 58.0 cm³/mol. The lowest BCUT2D eigenvalue weighted by atomic mass is 10.3. The number of hydrogen-bond donors (Lipinski definition) is 0. The second-order valence-corrected chi connectivity index (χ2v) is 3.75. The van der Waals surface area contributed by atoms with Gasteiger partial charge >= 0.3 is 6.18 Å². The summed E-state index contributed by atoms with van der Waals surface area (Å²) >= 11 is 0. The van der Waals surface area contributed by atoms with Crippen molar-refractivity contribution < 1.29 is 17.6 Å². The summed E-state index contributed by atoms with van der Waals surface area (Å²) in [5.41, 5.74) is 1.21. The number of alkyl halides is 3. The van der Waals surface area contributed by atoms with Crippen molar-refractivity contribution in [3.05, 3.63) is 24.3 Å². The van der Waals surface area contributed by atoms with Crippen molar-refractivity contribution in [3.63, 3.8) is 0 Å². The van der Waals surface area contributed by atoms with Gasteiger partial charge in [-0.05, 0) is 12.1 Å². The highest BCUT2D eigenvalue weighted by atomic mass is 19.4. The maximum atomic E-state index is 12.1. The molecule has 0 aliphatic carbocycles. The first-order valence-electron chi connectivity index (χ1n) is 5.09. The Morgan fingerprint density at radius 1 is 1.29 bits per heavy atom. The molecule has 6 heteroatoms.